The molecule has 2 aromatic carbocycles. The Bertz CT molecular complexity index is 887. The normalized spacial score (nSPS) is 16.3. The SMILES string of the molecule is COc1ccc(Oc2ccc(N)cc2F)cc1NC(=O)C1CCC(=O)N1C. The van der Waals surface area contributed by atoms with Gasteiger partial charge >= 0.3 is 0 Å². The van der Waals surface area contributed by atoms with E-state index in [1.54, 1.807) is 19.2 Å². The number of ether oxygens (including phenoxy) is 2. The van der Waals surface area contributed by atoms with Crippen LogP contribution in [-0.4, -0.2) is 36.9 Å². The molecule has 0 radical (unpaired) electrons. The van der Waals surface area contributed by atoms with Crippen molar-refractivity contribution in [3.8, 4) is 17.2 Å². The van der Waals surface area contributed by atoms with Crippen LogP contribution < -0.4 is 20.5 Å². The Hall–Kier alpha value is -3.29. The Balaban J connectivity index is 1.81. The van der Waals surface area contributed by atoms with Gasteiger partial charge in [0.15, 0.2) is 11.6 Å². The number of anilines is 2. The topological polar surface area (TPSA) is 93.9 Å². The highest BCUT2D eigenvalue weighted by molar-refractivity contribution is 5.99. The van der Waals surface area contributed by atoms with Gasteiger partial charge in [0.05, 0.1) is 12.8 Å². The van der Waals surface area contributed by atoms with Crippen molar-refractivity contribution in [1.82, 2.24) is 4.90 Å². The highest BCUT2D eigenvalue weighted by Gasteiger charge is 2.33. The summed E-state index contributed by atoms with van der Waals surface area (Å²) in [6.07, 6.45) is 0.793. The van der Waals surface area contributed by atoms with Crippen molar-refractivity contribution in [1.29, 1.82) is 0 Å². The van der Waals surface area contributed by atoms with Crippen LogP contribution in [0.1, 0.15) is 12.8 Å². The lowest BCUT2D eigenvalue weighted by Crippen LogP contribution is -2.38. The summed E-state index contributed by atoms with van der Waals surface area (Å²) in [5.41, 5.74) is 6.18. The quantitative estimate of drug-likeness (QED) is 0.786. The highest BCUT2D eigenvalue weighted by atomic mass is 19.1. The third-order valence-electron chi connectivity index (χ3n) is 4.41. The monoisotopic (exact) mass is 373 g/mol. The maximum absolute atomic E-state index is 13.9. The first-order valence-corrected chi connectivity index (χ1v) is 8.36. The van der Waals surface area contributed by atoms with Gasteiger partial charge < -0.3 is 25.4 Å². The van der Waals surface area contributed by atoms with Gasteiger partial charge in [0.2, 0.25) is 11.8 Å². The van der Waals surface area contributed by atoms with Crippen LogP contribution in [0.2, 0.25) is 0 Å². The van der Waals surface area contributed by atoms with Gasteiger partial charge in [0.1, 0.15) is 17.5 Å². The van der Waals surface area contributed by atoms with Crippen LogP contribution in [-0.2, 0) is 9.59 Å². The number of halogens is 1. The Labute approximate surface area is 155 Å². The number of nitrogens with one attached hydrogen (secondary N) is 1. The van der Waals surface area contributed by atoms with Crippen LogP contribution in [0.15, 0.2) is 36.4 Å². The van der Waals surface area contributed by atoms with E-state index in [1.807, 2.05) is 0 Å². The second-order valence-corrected chi connectivity index (χ2v) is 6.20. The highest BCUT2D eigenvalue weighted by Crippen LogP contribution is 2.33. The number of likely N-dealkylation sites (tertiary alicyclic amines) is 1. The zero-order valence-corrected chi connectivity index (χ0v) is 15.0. The molecule has 7 nitrogen and oxygen atoms in total. The Kier molecular flexibility index (Phi) is 5.16. The molecule has 1 aliphatic heterocycles. The molecule has 2 amide bonds. The summed E-state index contributed by atoms with van der Waals surface area (Å²) in [4.78, 5) is 25.6. The summed E-state index contributed by atoms with van der Waals surface area (Å²) in [6, 6.07) is 8.29. The maximum atomic E-state index is 13.9. The van der Waals surface area contributed by atoms with Gasteiger partial charge in [0.25, 0.3) is 0 Å². The lowest BCUT2D eigenvalue weighted by Gasteiger charge is -2.20. The maximum Gasteiger partial charge on any atom is 0.247 e. The molecule has 142 valence electrons. The molecular weight excluding hydrogens is 353 g/mol. The Morgan fingerprint density at radius 3 is 2.63 bits per heavy atom. The minimum Gasteiger partial charge on any atom is -0.495 e. The van der Waals surface area contributed by atoms with Crippen LogP contribution in [0.5, 0.6) is 17.2 Å². The fourth-order valence-corrected chi connectivity index (χ4v) is 2.90. The zero-order chi connectivity index (χ0) is 19.6. The van der Waals surface area contributed by atoms with E-state index in [0.29, 0.717) is 30.0 Å². The predicted octanol–water partition coefficient (Wildman–Crippen LogP) is 2.77. The van der Waals surface area contributed by atoms with E-state index in [9.17, 15) is 14.0 Å². The molecule has 0 spiro atoms. The number of nitrogens with two attached hydrogens (primary N) is 1. The molecule has 27 heavy (non-hydrogen) atoms. The fourth-order valence-electron chi connectivity index (χ4n) is 2.90. The van der Waals surface area contributed by atoms with Crippen molar-refractivity contribution in [3.63, 3.8) is 0 Å². The second kappa shape index (κ2) is 7.53. The first kappa shape index (κ1) is 18.5. The van der Waals surface area contributed by atoms with Gasteiger partial charge in [-0.15, -0.1) is 0 Å². The van der Waals surface area contributed by atoms with Crippen LogP contribution in [0.3, 0.4) is 0 Å². The summed E-state index contributed by atoms with van der Waals surface area (Å²) < 4.78 is 24.7. The number of amides is 2. The number of likely N-dealkylation sites (N-methyl/N-ethyl adjacent to an activating group) is 1. The molecule has 8 heteroatoms. The van der Waals surface area contributed by atoms with Crippen molar-refractivity contribution in [3.05, 3.63) is 42.2 Å². The Morgan fingerprint density at radius 1 is 1.26 bits per heavy atom. The number of carbonyl (C=O) groups is 2. The second-order valence-electron chi connectivity index (χ2n) is 6.20. The predicted molar refractivity (Wildman–Crippen MR) is 98.3 cm³/mol. The molecule has 1 fully saturated rings. The number of nitrogens with zero attached hydrogens (tertiary/aromatic N) is 1. The number of carbonyl (C=O) groups excluding carboxylic acids is 2. The summed E-state index contributed by atoms with van der Waals surface area (Å²) in [7, 11) is 3.07. The van der Waals surface area contributed by atoms with E-state index in [4.69, 9.17) is 15.2 Å². The molecule has 1 saturated heterocycles. The first-order chi connectivity index (χ1) is 12.9. The average molecular weight is 373 g/mol. The molecule has 0 bridgehead atoms. The van der Waals surface area contributed by atoms with Gasteiger partial charge in [-0.3, -0.25) is 9.59 Å². The molecule has 0 saturated carbocycles. The van der Waals surface area contributed by atoms with E-state index < -0.39 is 11.9 Å². The van der Waals surface area contributed by atoms with Gasteiger partial charge in [-0.25, -0.2) is 4.39 Å². The standard InChI is InChI=1S/C19H20FN3O4/c1-23-15(5-8-18(23)24)19(25)22-14-10-12(4-7-17(14)26-2)27-16-6-3-11(21)9-13(16)20/h3-4,6-7,9-10,15H,5,8,21H2,1-2H3,(H,22,25). The van der Waals surface area contributed by atoms with E-state index in [-0.39, 0.29) is 23.3 Å². The van der Waals surface area contributed by atoms with Crippen LogP contribution in [0, 0.1) is 5.82 Å². The van der Waals surface area contributed by atoms with Crippen LogP contribution in [0.25, 0.3) is 0 Å². The van der Waals surface area contributed by atoms with Gasteiger partial charge in [-0.1, -0.05) is 0 Å². The van der Waals surface area contributed by atoms with E-state index >= 15 is 0 Å². The van der Waals surface area contributed by atoms with Crippen molar-refractivity contribution >= 4 is 23.2 Å². The van der Waals surface area contributed by atoms with Gasteiger partial charge in [0, 0.05) is 31.3 Å². The number of methoxy groups -OCH3 is 1. The average Bonchev–Trinajstić information content (AvgIpc) is 2.97. The van der Waals surface area contributed by atoms with Crippen molar-refractivity contribution in [2.45, 2.75) is 18.9 Å². The molecule has 3 rings (SSSR count). The largest absolute Gasteiger partial charge is 0.495 e. The Morgan fingerprint density at radius 2 is 2.00 bits per heavy atom. The fraction of sp³-hybridized carbons (Fsp3) is 0.263. The third-order valence-corrected chi connectivity index (χ3v) is 4.41. The number of benzene rings is 2. The van der Waals surface area contributed by atoms with Crippen molar-refractivity contribution in [2.24, 2.45) is 0 Å². The number of hydrogen-bond acceptors (Lipinski definition) is 5. The first-order valence-electron chi connectivity index (χ1n) is 8.36. The smallest absolute Gasteiger partial charge is 0.247 e. The molecule has 0 aromatic heterocycles. The molecule has 3 N–H and O–H groups in total. The minimum absolute atomic E-state index is 0.00719. The molecular formula is C19H20FN3O4. The summed E-state index contributed by atoms with van der Waals surface area (Å²) in [5.74, 6) is -0.253. The van der Waals surface area contributed by atoms with Gasteiger partial charge in [-0.05, 0) is 30.7 Å². The van der Waals surface area contributed by atoms with Crippen molar-refractivity contribution in [2.75, 3.05) is 25.2 Å². The molecule has 1 unspecified atom stereocenters. The van der Waals surface area contributed by atoms with E-state index in [2.05, 4.69) is 5.32 Å². The lowest BCUT2D eigenvalue weighted by atomic mass is 10.2. The minimum atomic E-state index is -0.595. The molecule has 0 aliphatic carbocycles. The number of nitrogen functional groups attached to an aromatic ring is 1. The number of hydrogen-bond donors (Lipinski definition) is 2. The van der Waals surface area contributed by atoms with Crippen LogP contribution >= 0.6 is 0 Å². The summed E-state index contributed by atoms with van der Waals surface area (Å²) in [6.45, 7) is 0. The lowest BCUT2D eigenvalue weighted by molar-refractivity contribution is -0.131. The zero-order valence-electron chi connectivity index (χ0n) is 15.0. The molecule has 2 aromatic rings. The third kappa shape index (κ3) is 3.94. The van der Waals surface area contributed by atoms with Crippen molar-refractivity contribution < 1.29 is 23.5 Å². The number of rotatable bonds is 5. The van der Waals surface area contributed by atoms with Gasteiger partial charge in [-0.2, -0.15) is 0 Å². The van der Waals surface area contributed by atoms with E-state index in [1.165, 1.54) is 30.2 Å². The van der Waals surface area contributed by atoms with E-state index in [0.717, 1.165) is 6.07 Å². The molecule has 1 heterocycles. The summed E-state index contributed by atoms with van der Waals surface area (Å²) >= 11 is 0. The van der Waals surface area contributed by atoms with Crippen LogP contribution in [0.4, 0.5) is 15.8 Å². The molecule has 1 aliphatic rings. The molecule has 1 atom stereocenters. The summed E-state index contributed by atoms with van der Waals surface area (Å²) in [5, 5.41) is 2.75.